The maximum atomic E-state index is 9.00. The molecule has 0 atom stereocenters. The molecule has 1 heterocycles. The van der Waals surface area contributed by atoms with Crippen LogP contribution < -0.4 is 11.1 Å². The number of nitriles is 2. The van der Waals surface area contributed by atoms with E-state index >= 15 is 0 Å². The van der Waals surface area contributed by atoms with Crippen molar-refractivity contribution >= 4 is 33.9 Å². The van der Waals surface area contributed by atoms with Crippen molar-refractivity contribution in [1.29, 1.82) is 10.5 Å². The number of nitrogens with zero attached hydrogens (tertiary/aromatic N) is 4. The molecule has 6 heteroatoms. The Bertz CT molecular complexity index is 1460. The van der Waals surface area contributed by atoms with E-state index in [0.29, 0.717) is 17.3 Å². The molecular weight excluding hydrogens is 408 g/mol. The fourth-order valence-corrected chi connectivity index (χ4v) is 3.99. The molecule has 0 spiro atoms. The van der Waals surface area contributed by atoms with E-state index in [4.69, 9.17) is 21.2 Å². The van der Waals surface area contributed by atoms with Gasteiger partial charge in [0.1, 0.15) is 5.82 Å². The third-order valence-corrected chi connectivity index (χ3v) is 5.56. The van der Waals surface area contributed by atoms with Crippen LogP contribution in [0.3, 0.4) is 0 Å². The van der Waals surface area contributed by atoms with Gasteiger partial charge in [0, 0.05) is 22.7 Å². The number of hydrogen-bond acceptors (Lipinski definition) is 6. The van der Waals surface area contributed by atoms with Crippen LogP contribution in [0.2, 0.25) is 0 Å². The molecule has 0 saturated carbocycles. The smallest absolute Gasteiger partial charge is 0.229 e. The van der Waals surface area contributed by atoms with Crippen LogP contribution in [0.1, 0.15) is 29.2 Å². The Kier molecular flexibility index (Phi) is 5.76. The molecule has 0 aliphatic heterocycles. The summed E-state index contributed by atoms with van der Waals surface area (Å²) in [5, 5.41) is 22.0. The average Bonchev–Trinajstić information content (AvgIpc) is 2.79. The van der Waals surface area contributed by atoms with Crippen LogP contribution in [0.15, 0.2) is 60.7 Å². The molecule has 4 rings (SSSR count). The lowest BCUT2D eigenvalue weighted by atomic mass is 9.90. The maximum absolute atomic E-state index is 9.00. The minimum Gasteiger partial charge on any atom is -0.383 e. The van der Waals surface area contributed by atoms with Crippen LogP contribution in [0.5, 0.6) is 0 Å². The van der Waals surface area contributed by atoms with Crippen molar-refractivity contribution in [2.24, 2.45) is 0 Å². The number of nitrogen functional groups attached to an aromatic ring is 1. The Morgan fingerprint density at radius 2 is 1.70 bits per heavy atom. The number of anilines is 3. The molecule has 0 amide bonds. The summed E-state index contributed by atoms with van der Waals surface area (Å²) in [7, 11) is 0. The highest BCUT2D eigenvalue weighted by Gasteiger charge is 2.15. The molecule has 0 fully saturated rings. The van der Waals surface area contributed by atoms with Gasteiger partial charge in [-0.05, 0) is 78.9 Å². The molecule has 1 aromatic heterocycles. The summed E-state index contributed by atoms with van der Waals surface area (Å²) in [4.78, 5) is 9.23. The lowest BCUT2D eigenvalue weighted by molar-refractivity contribution is 1.22. The van der Waals surface area contributed by atoms with Crippen LogP contribution >= 0.6 is 0 Å². The first kappa shape index (κ1) is 21.5. The quantitative estimate of drug-likeness (QED) is 0.382. The van der Waals surface area contributed by atoms with Crippen molar-refractivity contribution in [2.45, 2.75) is 20.8 Å². The van der Waals surface area contributed by atoms with E-state index in [2.05, 4.69) is 48.4 Å². The van der Waals surface area contributed by atoms with Crippen LogP contribution in [0.25, 0.3) is 27.6 Å². The van der Waals surface area contributed by atoms with Gasteiger partial charge in [-0.2, -0.15) is 15.5 Å². The summed E-state index contributed by atoms with van der Waals surface area (Å²) >= 11 is 0. The van der Waals surface area contributed by atoms with Crippen LogP contribution in [-0.4, -0.2) is 9.97 Å². The molecule has 0 saturated heterocycles. The van der Waals surface area contributed by atoms with Crippen LogP contribution in [0.4, 0.5) is 17.5 Å². The van der Waals surface area contributed by atoms with Gasteiger partial charge in [-0.15, -0.1) is 0 Å². The number of para-hydroxylation sites is 1. The third-order valence-electron chi connectivity index (χ3n) is 5.56. The van der Waals surface area contributed by atoms with Crippen molar-refractivity contribution < 1.29 is 0 Å². The predicted molar refractivity (Wildman–Crippen MR) is 133 cm³/mol. The molecule has 0 aliphatic carbocycles. The minimum absolute atomic E-state index is 0.386. The van der Waals surface area contributed by atoms with E-state index in [0.717, 1.165) is 50.0 Å². The molecule has 0 unspecified atom stereocenters. The number of nitrogens with one attached hydrogen (secondary N) is 1. The van der Waals surface area contributed by atoms with Crippen LogP contribution in [0, 0.1) is 36.5 Å². The first-order valence-electron chi connectivity index (χ1n) is 10.4. The molecular formula is C27H22N6. The van der Waals surface area contributed by atoms with Gasteiger partial charge in [0.2, 0.25) is 5.95 Å². The van der Waals surface area contributed by atoms with Gasteiger partial charge in [-0.3, -0.25) is 0 Å². The van der Waals surface area contributed by atoms with E-state index in [1.807, 2.05) is 25.1 Å². The summed E-state index contributed by atoms with van der Waals surface area (Å²) in [5.41, 5.74) is 14.6. The molecule has 0 radical (unpaired) electrons. The molecule has 3 N–H and O–H groups in total. The van der Waals surface area contributed by atoms with Gasteiger partial charge in [0.25, 0.3) is 0 Å². The van der Waals surface area contributed by atoms with Crippen LogP contribution in [-0.2, 0) is 0 Å². The number of hydrogen-bond donors (Lipinski definition) is 2. The molecule has 160 valence electrons. The number of nitrogens with two attached hydrogens (primary N) is 1. The van der Waals surface area contributed by atoms with Crippen molar-refractivity contribution in [3.63, 3.8) is 0 Å². The zero-order valence-corrected chi connectivity index (χ0v) is 18.6. The second-order valence-electron chi connectivity index (χ2n) is 7.89. The first-order valence-corrected chi connectivity index (χ1v) is 10.4. The largest absolute Gasteiger partial charge is 0.383 e. The van der Waals surface area contributed by atoms with Gasteiger partial charge >= 0.3 is 0 Å². The van der Waals surface area contributed by atoms with Gasteiger partial charge in [0.15, 0.2) is 0 Å². The van der Waals surface area contributed by atoms with E-state index in [1.165, 1.54) is 0 Å². The third kappa shape index (κ3) is 4.23. The van der Waals surface area contributed by atoms with Gasteiger partial charge in [0.05, 0.1) is 23.2 Å². The molecule has 6 nitrogen and oxygen atoms in total. The SMILES string of the molecule is C/C(=C/C#N)c1cc(C)c(-c2cccc3c(N)nc(Nc4ccc(C#N)cc4)nc23)c(C)c1. The highest BCUT2D eigenvalue weighted by molar-refractivity contribution is 6.00. The lowest BCUT2D eigenvalue weighted by Gasteiger charge is -2.16. The normalized spacial score (nSPS) is 11.1. The number of aryl methyl sites for hydroxylation is 2. The van der Waals surface area contributed by atoms with E-state index in [-0.39, 0.29) is 0 Å². The van der Waals surface area contributed by atoms with Gasteiger partial charge < -0.3 is 11.1 Å². The zero-order chi connectivity index (χ0) is 23.5. The Morgan fingerprint density at radius 1 is 1.00 bits per heavy atom. The minimum atomic E-state index is 0.386. The maximum Gasteiger partial charge on any atom is 0.229 e. The van der Waals surface area contributed by atoms with Crippen molar-refractivity contribution in [3.05, 3.63) is 82.9 Å². The summed E-state index contributed by atoms with van der Waals surface area (Å²) in [6.07, 6.45) is 1.56. The summed E-state index contributed by atoms with van der Waals surface area (Å²) in [6.45, 7) is 6.06. The van der Waals surface area contributed by atoms with Gasteiger partial charge in [-0.25, -0.2) is 4.98 Å². The van der Waals surface area contributed by atoms with Crippen molar-refractivity contribution in [2.75, 3.05) is 11.1 Å². The summed E-state index contributed by atoms with van der Waals surface area (Å²) in [5.74, 6) is 0.773. The fourth-order valence-electron chi connectivity index (χ4n) is 3.99. The number of fused-ring (bicyclic) bond motifs is 1. The molecule has 3 aromatic carbocycles. The molecule has 4 aromatic rings. The second kappa shape index (κ2) is 8.82. The van der Waals surface area contributed by atoms with E-state index in [9.17, 15) is 0 Å². The summed E-state index contributed by atoms with van der Waals surface area (Å²) in [6, 6.07) is 21.4. The molecule has 0 aliphatic rings. The molecule has 33 heavy (non-hydrogen) atoms. The Morgan fingerprint density at radius 3 is 2.33 bits per heavy atom. The fraction of sp³-hybridized carbons (Fsp3) is 0.111. The Balaban J connectivity index is 1.84. The highest BCUT2D eigenvalue weighted by Crippen LogP contribution is 2.36. The zero-order valence-electron chi connectivity index (χ0n) is 18.6. The number of benzene rings is 3. The number of allylic oxidation sites excluding steroid dienone is 2. The number of aromatic nitrogens is 2. The van der Waals surface area contributed by atoms with E-state index in [1.54, 1.807) is 30.3 Å². The molecule has 0 bridgehead atoms. The van der Waals surface area contributed by atoms with Crippen molar-refractivity contribution in [3.8, 4) is 23.3 Å². The average molecular weight is 431 g/mol. The number of rotatable bonds is 4. The Hall–Kier alpha value is -4.68. The van der Waals surface area contributed by atoms with Crippen molar-refractivity contribution in [1.82, 2.24) is 9.97 Å². The lowest BCUT2D eigenvalue weighted by Crippen LogP contribution is -2.03. The van der Waals surface area contributed by atoms with Gasteiger partial charge in [-0.1, -0.05) is 24.3 Å². The first-order chi connectivity index (χ1) is 15.9. The second-order valence-corrected chi connectivity index (χ2v) is 7.89. The monoisotopic (exact) mass is 430 g/mol. The highest BCUT2D eigenvalue weighted by atomic mass is 15.1. The summed E-state index contributed by atoms with van der Waals surface area (Å²) < 4.78 is 0. The topological polar surface area (TPSA) is 111 Å². The Labute approximate surface area is 192 Å². The standard InChI is InChI=1S/C27H22N6/c1-16(11-12-28)20-13-17(2)24(18(3)14-20)22-5-4-6-23-25(22)32-27(33-26(23)30)31-21-9-7-19(15-29)8-10-21/h4-11,13-14H,1-3H3,(H3,30,31,32,33)/b16-11-. The van der Waals surface area contributed by atoms with E-state index < -0.39 is 0 Å². The predicted octanol–water partition coefficient (Wildman–Crippen LogP) is 6.04.